The normalized spacial score (nSPS) is 17.0. The largest absolute Gasteiger partial charge is 0.493 e. The van der Waals surface area contributed by atoms with Crippen LogP contribution in [-0.2, 0) is 13.1 Å². The lowest BCUT2D eigenvalue weighted by Gasteiger charge is -2.29. The minimum atomic E-state index is -0.155. The van der Waals surface area contributed by atoms with Gasteiger partial charge in [-0.05, 0) is 53.6 Å². The molecule has 0 aliphatic carbocycles. The van der Waals surface area contributed by atoms with Crippen LogP contribution in [0, 0.1) is 0 Å². The number of nitrogens with zero attached hydrogens (tertiary/aromatic N) is 1. The second-order valence-electron chi connectivity index (χ2n) is 8.42. The SMILES string of the molecule is COc1ccc(CN2COc3ccc4c(c3C2)O/C(=C\c2ccc3c(c2)OCO3)C4=O)cc1OC. The molecule has 3 aromatic rings. The van der Waals surface area contributed by atoms with Crippen molar-refractivity contribution in [3.05, 3.63) is 76.5 Å². The van der Waals surface area contributed by atoms with Crippen molar-refractivity contribution in [2.45, 2.75) is 13.1 Å². The molecule has 0 atom stereocenters. The van der Waals surface area contributed by atoms with Crippen LogP contribution in [0.15, 0.2) is 54.3 Å². The lowest BCUT2D eigenvalue weighted by atomic mass is 10.0. The van der Waals surface area contributed by atoms with E-state index in [1.807, 2.05) is 42.5 Å². The zero-order valence-electron chi connectivity index (χ0n) is 19.3. The Balaban J connectivity index is 1.25. The zero-order chi connectivity index (χ0) is 23.9. The molecule has 0 spiro atoms. The Labute approximate surface area is 202 Å². The van der Waals surface area contributed by atoms with E-state index in [-0.39, 0.29) is 18.3 Å². The van der Waals surface area contributed by atoms with Crippen LogP contribution in [0.3, 0.4) is 0 Å². The summed E-state index contributed by atoms with van der Waals surface area (Å²) in [6.07, 6.45) is 1.72. The number of rotatable bonds is 5. The second-order valence-corrected chi connectivity index (χ2v) is 8.42. The number of benzene rings is 3. The lowest BCUT2D eigenvalue weighted by Crippen LogP contribution is -2.31. The predicted molar refractivity (Wildman–Crippen MR) is 126 cm³/mol. The van der Waals surface area contributed by atoms with E-state index in [2.05, 4.69) is 4.90 Å². The van der Waals surface area contributed by atoms with Gasteiger partial charge in [0.05, 0.1) is 25.3 Å². The van der Waals surface area contributed by atoms with Crippen LogP contribution in [0.5, 0.6) is 34.5 Å². The van der Waals surface area contributed by atoms with Crippen LogP contribution in [-0.4, -0.2) is 38.4 Å². The van der Waals surface area contributed by atoms with Gasteiger partial charge in [-0.15, -0.1) is 0 Å². The van der Waals surface area contributed by atoms with Gasteiger partial charge in [-0.1, -0.05) is 12.1 Å². The number of Topliss-reactive ketones (excluding diaryl/α,β-unsaturated/α-hetero) is 1. The van der Waals surface area contributed by atoms with Gasteiger partial charge in [0.2, 0.25) is 12.6 Å². The van der Waals surface area contributed by atoms with Crippen LogP contribution >= 0.6 is 0 Å². The molecule has 0 saturated heterocycles. The molecule has 3 aliphatic heterocycles. The van der Waals surface area contributed by atoms with Crippen molar-refractivity contribution >= 4 is 11.9 Å². The molecular weight excluding hydrogens is 450 g/mol. The van der Waals surface area contributed by atoms with E-state index in [1.165, 1.54) is 0 Å². The van der Waals surface area contributed by atoms with E-state index in [9.17, 15) is 4.79 Å². The van der Waals surface area contributed by atoms with Gasteiger partial charge >= 0.3 is 0 Å². The summed E-state index contributed by atoms with van der Waals surface area (Å²) in [5.41, 5.74) is 3.25. The van der Waals surface area contributed by atoms with Crippen molar-refractivity contribution in [2.75, 3.05) is 27.7 Å². The molecule has 0 fully saturated rings. The van der Waals surface area contributed by atoms with E-state index in [0.29, 0.717) is 54.1 Å². The highest BCUT2D eigenvalue weighted by atomic mass is 16.7. The van der Waals surface area contributed by atoms with Crippen LogP contribution in [0.1, 0.15) is 27.0 Å². The summed E-state index contributed by atoms with van der Waals surface area (Å²) in [6, 6.07) is 15.0. The fourth-order valence-electron chi connectivity index (χ4n) is 4.50. The van der Waals surface area contributed by atoms with E-state index in [4.69, 9.17) is 28.4 Å². The van der Waals surface area contributed by atoms with Crippen molar-refractivity contribution in [1.82, 2.24) is 4.90 Å². The Kier molecular flexibility index (Phi) is 5.22. The first kappa shape index (κ1) is 21.4. The molecular formula is C27H23NO7. The molecule has 0 unspecified atom stereocenters. The van der Waals surface area contributed by atoms with Crippen LogP contribution in [0.25, 0.3) is 6.08 Å². The first-order valence-electron chi connectivity index (χ1n) is 11.2. The fraction of sp³-hybridized carbons (Fsp3) is 0.222. The molecule has 8 nitrogen and oxygen atoms in total. The van der Waals surface area contributed by atoms with Gasteiger partial charge in [0.15, 0.2) is 28.8 Å². The average molecular weight is 473 g/mol. The Morgan fingerprint density at radius 3 is 2.60 bits per heavy atom. The Hall–Kier alpha value is -4.17. The molecule has 3 aromatic carbocycles. The molecule has 0 N–H and O–H groups in total. The first-order valence-corrected chi connectivity index (χ1v) is 11.2. The summed E-state index contributed by atoms with van der Waals surface area (Å²) >= 11 is 0. The highest BCUT2D eigenvalue weighted by Gasteiger charge is 2.33. The summed E-state index contributed by atoms with van der Waals surface area (Å²) in [5.74, 6) is 4.09. The highest BCUT2D eigenvalue weighted by Crippen LogP contribution is 2.43. The highest BCUT2D eigenvalue weighted by molar-refractivity contribution is 6.15. The third kappa shape index (κ3) is 3.81. The summed E-state index contributed by atoms with van der Waals surface area (Å²) in [5, 5.41) is 0. The third-order valence-corrected chi connectivity index (χ3v) is 6.23. The van der Waals surface area contributed by atoms with Crippen LogP contribution in [0.2, 0.25) is 0 Å². The fourth-order valence-corrected chi connectivity index (χ4v) is 4.50. The Morgan fingerprint density at radius 2 is 1.74 bits per heavy atom. The van der Waals surface area contributed by atoms with Crippen molar-refractivity contribution in [2.24, 2.45) is 0 Å². The lowest BCUT2D eigenvalue weighted by molar-refractivity contribution is 0.0872. The first-order chi connectivity index (χ1) is 17.1. The van der Waals surface area contributed by atoms with Gasteiger partial charge < -0.3 is 28.4 Å². The van der Waals surface area contributed by atoms with Crippen LogP contribution < -0.4 is 28.4 Å². The summed E-state index contributed by atoms with van der Waals surface area (Å²) < 4.78 is 33.7. The van der Waals surface area contributed by atoms with E-state index in [0.717, 1.165) is 22.4 Å². The maximum Gasteiger partial charge on any atom is 0.231 e. The minimum Gasteiger partial charge on any atom is -0.493 e. The molecule has 0 saturated carbocycles. The summed E-state index contributed by atoms with van der Waals surface area (Å²) in [6.45, 7) is 1.84. The number of ketones is 1. The standard InChI is InChI=1S/C27H23NO7/c1-30-21-6-4-17(11-23(21)31-2)12-28-13-19-20(32-14-28)8-5-18-26(29)25(35-27(18)19)10-16-3-7-22-24(9-16)34-15-33-22/h3-11H,12-15H2,1-2H3/b25-10-. The van der Waals surface area contributed by atoms with Gasteiger partial charge in [-0.2, -0.15) is 0 Å². The topological polar surface area (TPSA) is 75.7 Å². The van der Waals surface area contributed by atoms with Crippen LogP contribution in [0.4, 0.5) is 0 Å². The van der Waals surface area contributed by atoms with E-state index >= 15 is 0 Å². The number of ether oxygens (including phenoxy) is 6. The maximum atomic E-state index is 13.1. The van der Waals surface area contributed by atoms with Crippen molar-refractivity contribution in [3.63, 3.8) is 0 Å². The number of allylic oxidation sites excluding steroid dienone is 1. The Bertz CT molecular complexity index is 1360. The third-order valence-electron chi connectivity index (χ3n) is 6.23. The molecule has 0 amide bonds. The molecule has 0 aromatic heterocycles. The smallest absolute Gasteiger partial charge is 0.231 e. The van der Waals surface area contributed by atoms with Gasteiger partial charge in [0, 0.05) is 13.1 Å². The molecule has 178 valence electrons. The van der Waals surface area contributed by atoms with E-state index in [1.54, 1.807) is 26.4 Å². The van der Waals surface area contributed by atoms with Gasteiger partial charge in [-0.3, -0.25) is 9.69 Å². The van der Waals surface area contributed by atoms with Gasteiger partial charge in [0.1, 0.15) is 18.2 Å². The number of carbonyl (C=O) groups excluding carboxylic acids is 1. The molecule has 3 aliphatic rings. The zero-order valence-corrected chi connectivity index (χ0v) is 19.3. The molecule has 35 heavy (non-hydrogen) atoms. The van der Waals surface area contributed by atoms with Crippen molar-refractivity contribution in [3.8, 4) is 34.5 Å². The number of hydrogen-bond donors (Lipinski definition) is 0. The number of fused-ring (bicyclic) bond motifs is 4. The monoisotopic (exact) mass is 473 g/mol. The molecule has 0 radical (unpaired) electrons. The van der Waals surface area contributed by atoms with E-state index < -0.39 is 0 Å². The minimum absolute atomic E-state index is 0.155. The van der Waals surface area contributed by atoms with Crippen molar-refractivity contribution in [1.29, 1.82) is 0 Å². The maximum absolute atomic E-state index is 13.1. The summed E-state index contributed by atoms with van der Waals surface area (Å²) in [4.78, 5) is 15.2. The molecule has 6 rings (SSSR count). The number of hydrogen-bond acceptors (Lipinski definition) is 8. The molecule has 3 heterocycles. The molecule has 0 bridgehead atoms. The number of carbonyl (C=O) groups is 1. The number of methoxy groups -OCH3 is 2. The van der Waals surface area contributed by atoms with Gasteiger partial charge in [0.25, 0.3) is 0 Å². The Morgan fingerprint density at radius 1 is 0.914 bits per heavy atom. The predicted octanol–water partition coefficient (Wildman–Crippen LogP) is 4.40. The molecule has 8 heteroatoms. The summed E-state index contributed by atoms with van der Waals surface area (Å²) in [7, 11) is 3.23. The quantitative estimate of drug-likeness (QED) is 0.505. The van der Waals surface area contributed by atoms with Gasteiger partial charge in [-0.25, -0.2) is 0 Å². The van der Waals surface area contributed by atoms with Crippen molar-refractivity contribution < 1.29 is 33.2 Å². The second kappa shape index (κ2) is 8.56. The average Bonchev–Trinajstić information content (AvgIpc) is 3.48.